The number of hydrogen-bond donors (Lipinski definition) is 0. The van der Waals surface area contributed by atoms with E-state index in [1.807, 2.05) is 6.07 Å². The second-order valence-electron chi connectivity index (χ2n) is 1.98. The first-order valence-electron chi connectivity index (χ1n) is 3.05. The Morgan fingerprint density at radius 3 is 2.83 bits per heavy atom. The number of benzene rings is 1. The number of aliphatic imine (C=N–C) groups is 1. The minimum absolute atomic E-state index is 0.435. The molecule has 58 valence electrons. The summed E-state index contributed by atoms with van der Waals surface area (Å²) in [6, 6.07) is 6.75. The number of carbonyl (C=O) groups excluding carboxylic acids is 1. The first-order chi connectivity index (χ1) is 5.77. The normalized spacial score (nSPS) is 8.33. The number of nitrogens with zero attached hydrogens (tertiary/aromatic N) is 2. The molecule has 0 aliphatic heterocycles. The van der Waals surface area contributed by atoms with Crippen molar-refractivity contribution in [1.29, 1.82) is 5.26 Å². The summed E-state index contributed by atoms with van der Waals surface area (Å²) in [5, 5.41) is 8.59. The zero-order valence-corrected chi connectivity index (χ0v) is 7.50. The minimum Gasteiger partial charge on any atom is -0.211 e. The smallest absolute Gasteiger partial charge is 0.211 e. The lowest BCUT2D eigenvalue weighted by molar-refractivity contribution is 0.565. The summed E-state index contributed by atoms with van der Waals surface area (Å²) in [7, 11) is 0. The monoisotopic (exact) mass is 222 g/mol. The van der Waals surface area contributed by atoms with Crippen LogP contribution in [0.4, 0.5) is 5.69 Å². The van der Waals surface area contributed by atoms with Crippen molar-refractivity contribution in [2.45, 2.75) is 0 Å². The van der Waals surface area contributed by atoms with E-state index in [1.54, 1.807) is 12.1 Å². The lowest BCUT2D eigenvalue weighted by atomic mass is 10.2. The highest BCUT2D eigenvalue weighted by atomic mass is 79.9. The largest absolute Gasteiger partial charge is 0.240 e. The van der Waals surface area contributed by atoms with Crippen LogP contribution in [0.1, 0.15) is 5.56 Å². The first-order valence-corrected chi connectivity index (χ1v) is 3.84. The summed E-state index contributed by atoms with van der Waals surface area (Å²) in [6.07, 6.45) is 1.41. The Bertz CT molecular complexity index is 389. The maximum Gasteiger partial charge on any atom is 0.240 e. The van der Waals surface area contributed by atoms with Gasteiger partial charge >= 0.3 is 0 Å². The average molecular weight is 223 g/mol. The average Bonchev–Trinajstić information content (AvgIpc) is 2.09. The zero-order chi connectivity index (χ0) is 8.97. The number of isocyanates is 1. The van der Waals surface area contributed by atoms with E-state index in [4.69, 9.17) is 5.26 Å². The molecule has 0 N–H and O–H groups in total. The molecule has 0 radical (unpaired) electrons. The molecule has 0 saturated heterocycles. The van der Waals surface area contributed by atoms with Crippen LogP contribution in [0.3, 0.4) is 0 Å². The van der Waals surface area contributed by atoms with E-state index in [0.29, 0.717) is 15.7 Å². The summed E-state index contributed by atoms with van der Waals surface area (Å²) >= 11 is 3.18. The molecule has 4 heteroatoms. The lowest BCUT2D eigenvalue weighted by Crippen LogP contribution is -1.75. The summed E-state index contributed by atoms with van der Waals surface area (Å²) in [6.45, 7) is 0. The third-order valence-corrected chi connectivity index (χ3v) is 1.94. The van der Waals surface area contributed by atoms with Crippen LogP contribution in [0.15, 0.2) is 27.7 Å². The molecule has 0 aliphatic carbocycles. The van der Waals surface area contributed by atoms with Crippen molar-refractivity contribution in [2.24, 2.45) is 4.99 Å². The number of halogens is 1. The molecule has 12 heavy (non-hydrogen) atoms. The lowest BCUT2D eigenvalue weighted by Gasteiger charge is -1.94. The predicted molar refractivity (Wildman–Crippen MR) is 46.6 cm³/mol. The Labute approximate surface area is 77.5 Å². The standard InChI is InChI=1S/C8H3BrN2O/c9-8-2-1-7(11-5-12)3-6(8)4-10/h1-3H. The van der Waals surface area contributed by atoms with E-state index >= 15 is 0 Å². The van der Waals surface area contributed by atoms with Crippen molar-refractivity contribution < 1.29 is 4.79 Å². The van der Waals surface area contributed by atoms with Gasteiger partial charge < -0.3 is 0 Å². The Morgan fingerprint density at radius 1 is 1.50 bits per heavy atom. The zero-order valence-electron chi connectivity index (χ0n) is 5.91. The van der Waals surface area contributed by atoms with E-state index in [1.165, 1.54) is 12.1 Å². The molecule has 0 atom stereocenters. The van der Waals surface area contributed by atoms with Crippen molar-refractivity contribution >= 4 is 27.7 Å². The van der Waals surface area contributed by atoms with E-state index in [2.05, 4.69) is 20.9 Å². The highest BCUT2D eigenvalue weighted by Crippen LogP contribution is 2.21. The first kappa shape index (κ1) is 8.66. The van der Waals surface area contributed by atoms with Gasteiger partial charge in [0.1, 0.15) is 6.07 Å². The van der Waals surface area contributed by atoms with Crippen molar-refractivity contribution in [2.75, 3.05) is 0 Å². The number of nitriles is 1. The van der Waals surface area contributed by atoms with Crippen molar-refractivity contribution in [3.05, 3.63) is 28.2 Å². The maximum atomic E-state index is 9.87. The topological polar surface area (TPSA) is 53.2 Å². The molecule has 1 rings (SSSR count). The summed E-state index contributed by atoms with van der Waals surface area (Å²) in [5.41, 5.74) is 0.885. The van der Waals surface area contributed by atoms with Crippen LogP contribution < -0.4 is 0 Å². The van der Waals surface area contributed by atoms with Gasteiger partial charge in [0.2, 0.25) is 6.08 Å². The summed E-state index contributed by atoms with van der Waals surface area (Å²) in [4.78, 5) is 13.3. The fourth-order valence-electron chi connectivity index (χ4n) is 0.721. The van der Waals surface area contributed by atoms with E-state index < -0.39 is 0 Å². The van der Waals surface area contributed by atoms with E-state index in [0.717, 1.165) is 0 Å². The fourth-order valence-corrected chi connectivity index (χ4v) is 1.06. The Morgan fingerprint density at radius 2 is 2.25 bits per heavy atom. The van der Waals surface area contributed by atoms with Crippen molar-refractivity contribution in [3.8, 4) is 6.07 Å². The molecule has 0 bridgehead atoms. The molecule has 1 aromatic rings. The van der Waals surface area contributed by atoms with Gasteiger partial charge in [-0.2, -0.15) is 10.3 Å². The third kappa shape index (κ3) is 1.79. The molecule has 1 aromatic carbocycles. The van der Waals surface area contributed by atoms with Crippen molar-refractivity contribution in [3.63, 3.8) is 0 Å². The Kier molecular flexibility index (Phi) is 2.76. The van der Waals surface area contributed by atoms with Crippen LogP contribution in [0.5, 0.6) is 0 Å². The van der Waals surface area contributed by atoms with Gasteiger partial charge in [0.15, 0.2) is 0 Å². The van der Waals surface area contributed by atoms with Gasteiger partial charge in [-0.05, 0) is 34.1 Å². The molecule has 0 unspecified atom stereocenters. The molecular weight excluding hydrogens is 220 g/mol. The highest BCUT2D eigenvalue weighted by Gasteiger charge is 1.98. The van der Waals surface area contributed by atoms with Gasteiger partial charge in [0, 0.05) is 4.47 Å². The third-order valence-electron chi connectivity index (χ3n) is 1.25. The molecule has 0 aromatic heterocycles. The van der Waals surface area contributed by atoms with Crippen LogP contribution in [0.25, 0.3) is 0 Å². The Hall–Kier alpha value is -1.43. The van der Waals surface area contributed by atoms with E-state index in [-0.39, 0.29) is 0 Å². The second-order valence-corrected chi connectivity index (χ2v) is 2.83. The predicted octanol–water partition coefficient (Wildman–Crippen LogP) is 2.29. The minimum atomic E-state index is 0.435. The van der Waals surface area contributed by atoms with Crippen LogP contribution in [-0.4, -0.2) is 6.08 Å². The molecule has 3 nitrogen and oxygen atoms in total. The van der Waals surface area contributed by atoms with Gasteiger partial charge in [0.25, 0.3) is 0 Å². The van der Waals surface area contributed by atoms with Gasteiger partial charge in [-0.1, -0.05) is 0 Å². The molecule has 0 aliphatic rings. The molecule has 0 spiro atoms. The van der Waals surface area contributed by atoms with Crippen molar-refractivity contribution in [1.82, 2.24) is 0 Å². The molecular formula is C8H3BrN2O. The van der Waals surface area contributed by atoms with Crippen LogP contribution in [-0.2, 0) is 4.79 Å². The Balaban J connectivity index is 3.24. The SMILES string of the molecule is N#Cc1cc(N=C=O)ccc1Br. The van der Waals surface area contributed by atoms with E-state index in [9.17, 15) is 4.79 Å². The van der Waals surface area contributed by atoms with Gasteiger partial charge in [-0.3, -0.25) is 0 Å². The van der Waals surface area contributed by atoms with Gasteiger partial charge in [0.05, 0.1) is 11.3 Å². The second kappa shape index (κ2) is 3.82. The maximum absolute atomic E-state index is 9.87. The highest BCUT2D eigenvalue weighted by molar-refractivity contribution is 9.10. The fraction of sp³-hybridized carbons (Fsp3) is 0. The van der Waals surface area contributed by atoms with Gasteiger partial charge in [-0.25, -0.2) is 4.79 Å². The number of hydrogen-bond acceptors (Lipinski definition) is 3. The van der Waals surface area contributed by atoms with Crippen LogP contribution in [0, 0.1) is 11.3 Å². The summed E-state index contributed by atoms with van der Waals surface area (Å²) in [5.74, 6) is 0. The summed E-state index contributed by atoms with van der Waals surface area (Å²) < 4.78 is 0.690. The molecule has 0 saturated carbocycles. The number of rotatable bonds is 1. The molecule has 0 fully saturated rings. The molecule has 0 heterocycles. The van der Waals surface area contributed by atoms with Crippen LogP contribution in [0.2, 0.25) is 0 Å². The van der Waals surface area contributed by atoms with Crippen LogP contribution >= 0.6 is 15.9 Å². The molecule has 0 amide bonds. The van der Waals surface area contributed by atoms with Gasteiger partial charge in [-0.15, -0.1) is 0 Å². The quantitative estimate of drug-likeness (QED) is 0.541.